The Morgan fingerprint density at radius 3 is 2.90 bits per heavy atom. The lowest BCUT2D eigenvalue weighted by Gasteiger charge is -2.27. The van der Waals surface area contributed by atoms with Crippen molar-refractivity contribution in [2.24, 2.45) is 0 Å². The van der Waals surface area contributed by atoms with E-state index in [2.05, 4.69) is 5.32 Å². The molecule has 0 spiro atoms. The maximum absolute atomic E-state index is 13.4. The van der Waals surface area contributed by atoms with Gasteiger partial charge in [0.05, 0.1) is 17.6 Å². The van der Waals surface area contributed by atoms with E-state index in [0.29, 0.717) is 13.0 Å². The first-order valence-electron chi connectivity index (χ1n) is 6.57. The number of ether oxygens (including phenoxy) is 1. The number of anilines is 1. The molecule has 0 aromatic heterocycles. The number of nitro benzene ring substituents is 1. The van der Waals surface area contributed by atoms with Gasteiger partial charge in [-0.25, -0.2) is 4.39 Å². The van der Waals surface area contributed by atoms with Crippen LogP contribution in [0.3, 0.4) is 0 Å². The summed E-state index contributed by atoms with van der Waals surface area (Å²) in [4.78, 5) is 10.5. The number of nitrogens with one attached hydrogen (secondary N) is 1. The molecule has 21 heavy (non-hydrogen) atoms. The van der Waals surface area contributed by atoms with Crippen LogP contribution >= 0.6 is 0 Å². The summed E-state index contributed by atoms with van der Waals surface area (Å²) in [7, 11) is 0. The largest absolute Gasteiger partial charge is 0.493 e. The average molecular weight is 288 g/mol. The molecule has 1 aliphatic rings. The van der Waals surface area contributed by atoms with Crippen LogP contribution in [0.4, 0.5) is 15.8 Å². The summed E-state index contributed by atoms with van der Waals surface area (Å²) >= 11 is 0. The molecule has 0 saturated carbocycles. The van der Waals surface area contributed by atoms with Gasteiger partial charge in [-0.15, -0.1) is 0 Å². The zero-order valence-electron chi connectivity index (χ0n) is 11.1. The molecule has 5 nitrogen and oxygen atoms in total. The topological polar surface area (TPSA) is 64.4 Å². The lowest BCUT2D eigenvalue weighted by atomic mass is 10.00. The Morgan fingerprint density at radius 1 is 1.29 bits per heavy atom. The molecule has 6 heteroatoms. The van der Waals surface area contributed by atoms with Gasteiger partial charge in [-0.1, -0.05) is 18.2 Å². The molecule has 0 aliphatic carbocycles. The van der Waals surface area contributed by atoms with Crippen molar-refractivity contribution >= 4 is 11.4 Å². The Kier molecular flexibility index (Phi) is 3.43. The molecule has 3 rings (SSSR count). The van der Waals surface area contributed by atoms with Crippen molar-refractivity contribution in [1.29, 1.82) is 0 Å². The number of rotatable bonds is 3. The highest BCUT2D eigenvalue weighted by Crippen LogP contribution is 2.36. The van der Waals surface area contributed by atoms with Crippen LogP contribution in [-0.4, -0.2) is 11.5 Å². The minimum atomic E-state index is -0.521. The highest BCUT2D eigenvalue weighted by atomic mass is 19.1. The Bertz CT molecular complexity index is 690. The number of hydrogen-bond donors (Lipinski definition) is 1. The molecule has 1 heterocycles. The Hall–Kier alpha value is -2.63. The van der Waals surface area contributed by atoms with Gasteiger partial charge < -0.3 is 10.1 Å². The van der Waals surface area contributed by atoms with E-state index in [0.717, 1.165) is 23.4 Å². The second-order valence-corrected chi connectivity index (χ2v) is 4.79. The standard InChI is InChI=1S/C15H13FN2O3/c16-10-5-6-14(18(19)20)13(9-10)17-12-7-8-21-15-4-2-1-3-11(12)15/h1-6,9,12,17H,7-8H2. The summed E-state index contributed by atoms with van der Waals surface area (Å²) in [5, 5.41) is 14.1. The number of nitro groups is 1. The van der Waals surface area contributed by atoms with Gasteiger partial charge in [0.1, 0.15) is 17.3 Å². The fourth-order valence-corrected chi connectivity index (χ4v) is 2.46. The van der Waals surface area contributed by atoms with E-state index in [-0.39, 0.29) is 17.4 Å². The predicted molar refractivity (Wildman–Crippen MR) is 76.0 cm³/mol. The lowest BCUT2D eigenvalue weighted by Crippen LogP contribution is -2.20. The third kappa shape index (κ3) is 2.65. The molecular formula is C15H13FN2O3. The number of hydrogen-bond acceptors (Lipinski definition) is 4. The van der Waals surface area contributed by atoms with Gasteiger partial charge >= 0.3 is 0 Å². The molecule has 1 N–H and O–H groups in total. The molecule has 2 aromatic rings. The Morgan fingerprint density at radius 2 is 2.10 bits per heavy atom. The third-order valence-electron chi connectivity index (χ3n) is 3.44. The third-order valence-corrected chi connectivity index (χ3v) is 3.44. The number of fused-ring (bicyclic) bond motifs is 1. The molecule has 0 amide bonds. The summed E-state index contributed by atoms with van der Waals surface area (Å²) in [6, 6.07) is 10.8. The smallest absolute Gasteiger partial charge is 0.292 e. The van der Waals surface area contributed by atoms with Crippen LogP contribution in [0.2, 0.25) is 0 Å². The second kappa shape index (κ2) is 5.40. The molecule has 1 unspecified atom stereocenters. The fraction of sp³-hybridized carbons (Fsp3) is 0.200. The SMILES string of the molecule is O=[N+]([O-])c1ccc(F)cc1NC1CCOc2ccccc21. The molecule has 0 fully saturated rings. The maximum Gasteiger partial charge on any atom is 0.292 e. The number of para-hydroxylation sites is 1. The van der Waals surface area contributed by atoms with Gasteiger partial charge in [0, 0.05) is 24.1 Å². The van der Waals surface area contributed by atoms with E-state index >= 15 is 0 Å². The number of benzene rings is 2. The molecule has 1 aliphatic heterocycles. The lowest BCUT2D eigenvalue weighted by molar-refractivity contribution is -0.384. The van der Waals surface area contributed by atoms with Crippen molar-refractivity contribution in [3.05, 3.63) is 64.0 Å². The molecule has 2 aromatic carbocycles. The van der Waals surface area contributed by atoms with E-state index in [1.54, 1.807) is 0 Å². The first-order valence-corrected chi connectivity index (χ1v) is 6.57. The van der Waals surface area contributed by atoms with Gasteiger partial charge in [-0.05, 0) is 12.1 Å². The van der Waals surface area contributed by atoms with Gasteiger partial charge in [-0.3, -0.25) is 10.1 Å². The summed E-state index contributed by atoms with van der Waals surface area (Å²) in [6.07, 6.45) is 0.657. The summed E-state index contributed by atoms with van der Waals surface area (Å²) < 4.78 is 18.9. The van der Waals surface area contributed by atoms with Crippen molar-refractivity contribution in [3.63, 3.8) is 0 Å². The highest BCUT2D eigenvalue weighted by Gasteiger charge is 2.24. The van der Waals surface area contributed by atoms with Crippen LogP contribution in [0.5, 0.6) is 5.75 Å². The van der Waals surface area contributed by atoms with Crippen molar-refractivity contribution in [1.82, 2.24) is 0 Å². The van der Waals surface area contributed by atoms with E-state index in [1.165, 1.54) is 6.07 Å². The van der Waals surface area contributed by atoms with E-state index in [1.807, 2.05) is 24.3 Å². The monoisotopic (exact) mass is 288 g/mol. The summed E-state index contributed by atoms with van der Waals surface area (Å²) in [5.74, 6) is 0.240. The minimum absolute atomic E-state index is 0.139. The maximum atomic E-state index is 13.4. The zero-order chi connectivity index (χ0) is 14.8. The van der Waals surface area contributed by atoms with Gasteiger partial charge in [0.25, 0.3) is 5.69 Å². The van der Waals surface area contributed by atoms with Gasteiger partial charge in [0.15, 0.2) is 0 Å². The zero-order valence-corrected chi connectivity index (χ0v) is 11.1. The highest BCUT2D eigenvalue weighted by molar-refractivity contribution is 5.63. The van der Waals surface area contributed by atoms with Crippen LogP contribution < -0.4 is 10.1 Å². The molecule has 0 bridgehead atoms. The Labute approximate surface area is 120 Å². The number of nitrogens with zero attached hydrogens (tertiary/aromatic N) is 1. The van der Waals surface area contributed by atoms with Crippen LogP contribution in [0.15, 0.2) is 42.5 Å². The van der Waals surface area contributed by atoms with Crippen molar-refractivity contribution in [2.45, 2.75) is 12.5 Å². The van der Waals surface area contributed by atoms with Crippen molar-refractivity contribution in [2.75, 3.05) is 11.9 Å². The van der Waals surface area contributed by atoms with Gasteiger partial charge in [0.2, 0.25) is 0 Å². The summed E-state index contributed by atoms with van der Waals surface area (Å²) in [5.41, 5.74) is 0.962. The van der Waals surface area contributed by atoms with Crippen molar-refractivity contribution in [3.8, 4) is 5.75 Å². The molecule has 0 saturated heterocycles. The molecule has 0 radical (unpaired) electrons. The minimum Gasteiger partial charge on any atom is -0.493 e. The normalized spacial score (nSPS) is 16.7. The molecular weight excluding hydrogens is 275 g/mol. The van der Waals surface area contributed by atoms with Crippen LogP contribution in [0.25, 0.3) is 0 Å². The van der Waals surface area contributed by atoms with E-state index in [4.69, 9.17) is 4.74 Å². The van der Waals surface area contributed by atoms with Gasteiger partial charge in [-0.2, -0.15) is 0 Å². The van der Waals surface area contributed by atoms with Crippen LogP contribution in [0, 0.1) is 15.9 Å². The molecule has 108 valence electrons. The van der Waals surface area contributed by atoms with Crippen molar-refractivity contribution < 1.29 is 14.1 Å². The first kappa shape index (κ1) is 13.4. The Balaban J connectivity index is 1.95. The predicted octanol–water partition coefficient (Wildman–Crippen LogP) is 3.67. The van der Waals surface area contributed by atoms with Crippen LogP contribution in [-0.2, 0) is 0 Å². The summed E-state index contributed by atoms with van der Waals surface area (Å²) in [6.45, 7) is 0.512. The number of halogens is 1. The molecule has 1 atom stereocenters. The average Bonchev–Trinajstić information content (AvgIpc) is 2.47. The fourth-order valence-electron chi connectivity index (χ4n) is 2.46. The first-order chi connectivity index (χ1) is 10.1. The second-order valence-electron chi connectivity index (χ2n) is 4.79. The van der Waals surface area contributed by atoms with E-state index < -0.39 is 10.7 Å². The van der Waals surface area contributed by atoms with Crippen LogP contribution in [0.1, 0.15) is 18.0 Å². The van der Waals surface area contributed by atoms with E-state index in [9.17, 15) is 14.5 Å². The quantitative estimate of drug-likeness (QED) is 0.691.